The minimum atomic E-state index is -0.306. The fourth-order valence-electron chi connectivity index (χ4n) is 2.72. The van der Waals surface area contributed by atoms with Crippen LogP contribution in [0.25, 0.3) is 10.4 Å². The zero-order valence-electron chi connectivity index (χ0n) is 15.7. The van der Waals surface area contributed by atoms with Gasteiger partial charge in [0.15, 0.2) is 0 Å². The van der Waals surface area contributed by atoms with Crippen LogP contribution >= 0.6 is 11.3 Å². The zero-order valence-corrected chi connectivity index (χ0v) is 16.5. The van der Waals surface area contributed by atoms with E-state index in [4.69, 9.17) is 0 Å². The summed E-state index contributed by atoms with van der Waals surface area (Å²) in [6, 6.07) is 17.1. The predicted molar refractivity (Wildman–Crippen MR) is 111 cm³/mol. The lowest BCUT2D eigenvalue weighted by Gasteiger charge is -2.14. The van der Waals surface area contributed by atoms with E-state index in [0.29, 0.717) is 21.7 Å². The number of carbonyl (C=O) groups excluding carboxylic acids is 2. The minimum Gasteiger partial charge on any atom is -0.345 e. The molecule has 28 heavy (non-hydrogen) atoms. The third-order valence-corrected chi connectivity index (χ3v) is 5.45. The zero-order chi connectivity index (χ0) is 20.1. The highest BCUT2D eigenvalue weighted by atomic mass is 32.1. The van der Waals surface area contributed by atoms with E-state index in [1.807, 2.05) is 31.2 Å². The van der Waals surface area contributed by atoms with Crippen molar-refractivity contribution in [2.45, 2.75) is 26.3 Å². The van der Waals surface area contributed by atoms with Gasteiger partial charge in [-0.05, 0) is 42.8 Å². The van der Waals surface area contributed by atoms with Crippen LogP contribution in [0.2, 0.25) is 0 Å². The standard InChI is InChI=1S/C22H21FN2O2S/c1-3-21(26)25-16-10-8-15(9-11-16)14(2)24-22(27)20-13-12-19(28-20)17-6-4-5-7-18(17)23/h4-14H,3H2,1-2H3,(H,24,27)(H,25,26). The summed E-state index contributed by atoms with van der Waals surface area (Å²) in [6.07, 6.45) is 0.421. The lowest BCUT2D eigenvalue weighted by atomic mass is 10.1. The molecule has 2 N–H and O–H groups in total. The Hall–Kier alpha value is -2.99. The Kier molecular flexibility index (Phi) is 6.21. The fraction of sp³-hybridized carbons (Fsp3) is 0.182. The van der Waals surface area contributed by atoms with Crippen molar-refractivity contribution in [2.24, 2.45) is 0 Å². The Balaban J connectivity index is 1.66. The van der Waals surface area contributed by atoms with E-state index in [-0.39, 0.29) is 23.7 Å². The summed E-state index contributed by atoms with van der Waals surface area (Å²) in [5.41, 5.74) is 2.14. The molecule has 0 saturated carbocycles. The predicted octanol–water partition coefficient (Wildman–Crippen LogP) is 5.39. The van der Waals surface area contributed by atoms with E-state index in [0.717, 1.165) is 11.3 Å². The van der Waals surface area contributed by atoms with Crippen molar-refractivity contribution in [2.75, 3.05) is 5.32 Å². The van der Waals surface area contributed by atoms with Crippen molar-refractivity contribution in [3.8, 4) is 10.4 Å². The number of carbonyl (C=O) groups is 2. The lowest BCUT2D eigenvalue weighted by molar-refractivity contribution is -0.115. The van der Waals surface area contributed by atoms with Crippen molar-refractivity contribution >= 4 is 28.8 Å². The highest BCUT2D eigenvalue weighted by molar-refractivity contribution is 7.17. The second-order valence-electron chi connectivity index (χ2n) is 6.36. The van der Waals surface area contributed by atoms with Gasteiger partial charge in [-0.3, -0.25) is 9.59 Å². The molecule has 0 fully saturated rings. The molecule has 2 aromatic carbocycles. The Bertz CT molecular complexity index is 982. The van der Waals surface area contributed by atoms with Gasteiger partial charge in [0.05, 0.1) is 10.9 Å². The van der Waals surface area contributed by atoms with Gasteiger partial charge in [0.2, 0.25) is 5.91 Å². The first kappa shape index (κ1) is 19.8. The summed E-state index contributed by atoms with van der Waals surface area (Å²) in [4.78, 5) is 25.2. The van der Waals surface area contributed by atoms with Crippen LogP contribution in [0, 0.1) is 5.82 Å². The monoisotopic (exact) mass is 396 g/mol. The largest absolute Gasteiger partial charge is 0.345 e. The number of hydrogen-bond donors (Lipinski definition) is 2. The molecule has 0 spiro atoms. The molecule has 3 aromatic rings. The first-order chi connectivity index (χ1) is 13.5. The normalized spacial score (nSPS) is 11.7. The summed E-state index contributed by atoms with van der Waals surface area (Å²) in [5.74, 6) is -0.555. The highest BCUT2D eigenvalue weighted by Gasteiger charge is 2.15. The number of halogens is 1. The van der Waals surface area contributed by atoms with Crippen LogP contribution in [-0.4, -0.2) is 11.8 Å². The van der Waals surface area contributed by atoms with Crippen molar-refractivity contribution in [3.05, 3.63) is 76.9 Å². The van der Waals surface area contributed by atoms with Gasteiger partial charge >= 0.3 is 0 Å². The molecule has 0 aliphatic heterocycles. The molecule has 0 bridgehead atoms. The van der Waals surface area contributed by atoms with E-state index < -0.39 is 0 Å². The Labute approximate surface area is 167 Å². The second kappa shape index (κ2) is 8.80. The smallest absolute Gasteiger partial charge is 0.261 e. The second-order valence-corrected chi connectivity index (χ2v) is 7.45. The van der Waals surface area contributed by atoms with Crippen molar-refractivity contribution in [3.63, 3.8) is 0 Å². The first-order valence-corrected chi connectivity index (χ1v) is 9.85. The molecule has 4 nitrogen and oxygen atoms in total. The van der Waals surface area contributed by atoms with E-state index in [1.165, 1.54) is 17.4 Å². The van der Waals surface area contributed by atoms with Crippen LogP contribution in [0.4, 0.5) is 10.1 Å². The highest BCUT2D eigenvalue weighted by Crippen LogP contribution is 2.30. The van der Waals surface area contributed by atoms with Gasteiger partial charge in [-0.25, -0.2) is 4.39 Å². The van der Waals surface area contributed by atoms with Crippen molar-refractivity contribution < 1.29 is 14.0 Å². The molecular formula is C22H21FN2O2S. The molecule has 6 heteroatoms. The number of benzene rings is 2. The van der Waals surface area contributed by atoms with Crippen molar-refractivity contribution in [1.29, 1.82) is 0 Å². The van der Waals surface area contributed by atoms with E-state index >= 15 is 0 Å². The van der Waals surface area contributed by atoms with Crippen LogP contribution in [0.5, 0.6) is 0 Å². The van der Waals surface area contributed by atoms with E-state index in [1.54, 1.807) is 37.3 Å². The van der Waals surface area contributed by atoms with Gasteiger partial charge in [0, 0.05) is 22.5 Å². The number of nitrogens with one attached hydrogen (secondary N) is 2. The first-order valence-electron chi connectivity index (χ1n) is 9.03. The maximum absolute atomic E-state index is 13.9. The molecule has 1 unspecified atom stereocenters. The van der Waals surface area contributed by atoms with Gasteiger partial charge < -0.3 is 10.6 Å². The number of amides is 2. The van der Waals surface area contributed by atoms with E-state index in [2.05, 4.69) is 10.6 Å². The molecular weight excluding hydrogens is 375 g/mol. The fourth-order valence-corrected chi connectivity index (χ4v) is 3.66. The molecule has 2 amide bonds. The maximum Gasteiger partial charge on any atom is 0.261 e. The number of hydrogen-bond acceptors (Lipinski definition) is 3. The van der Waals surface area contributed by atoms with Gasteiger partial charge in [-0.1, -0.05) is 37.3 Å². The average Bonchev–Trinajstić information content (AvgIpc) is 3.19. The third kappa shape index (κ3) is 4.64. The van der Waals surface area contributed by atoms with Gasteiger partial charge in [-0.2, -0.15) is 0 Å². The number of rotatable bonds is 6. The number of thiophene rings is 1. The average molecular weight is 396 g/mol. The van der Waals surface area contributed by atoms with Gasteiger partial charge in [0.1, 0.15) is 5.82 Å². The van der Waals surface area contributed by atoms with Crippen LogP contribution in [0.3, 0.4) is 0 Å². The number of anilines is 1. The SMILES string of the molecule is CCC(=O)Nc1ccc(C(C)NC(=O)c2ccc(-c3ccccc3F)s2)cc1. The summed E-state index contributed by atoms with van der Waals surface area (Å²) >= 11 is 1.26. The minimum absolute atomic E-state index is 0.0440. The molecule has 1 atom stereocenters. The molecule has 0 aliphatic rings. The van der Waals surface area contributed by atoms with Crippen molar-refractivity contribution in [1.82, 2.24) is 5.32 Å². The van der Waals surface area contributed by atoms with Crippen LogP contribution in [-0.2, 0) is 4.79 Å². The Morgan fingerprint density at radius 2 is 1.75 bits per heavy atom. The third-order valence-electron chi connectivity index (χ3n) is 4.33. The molecule has 0 aliphatic carbocycles. The molecule has 0 radical (unpaired) electrons. The summed E-state index contributed by atoms with van der Waals surface area (Å²) in [6.45, 7) is 3.69. The Morgan fingerprint density at radius 1 is 1.04 bits per heavy atom. The maximum atomic E-state index is 13.9. The molecule has 0 saturated heterocycles. The van der Waals surface area contributed by atoms with Gasteiger partial charge in [0.25, 0.3) is 5.91 Å². The molecule has 3 rings (SSSR count). The lowest BCUT2D eigenvalue weighted by Crippen LogP contribution is -2.25. The molecule has 144 valence electrons. The van der Waals surface area contributed by atoms with Crippen LogP contribution in [0.1, 0.15) is 41.5 Å². The quantitative estimate of drug-likeness (QED) is 0.587. The topological polar surface area (TPSA) is 58.2 Å². The molecule has 1 heterocycles. The summed E-state index contributed by atoms with van der Waals surface area (Å²) < 4.78 is 13.9. The van der Waals surface area contributed by atoms with Crippen LogP contribution in [0.15, 0.2) is 60.7 Å². The van der Waals surface area contributed by atoms with Crippen LogP contribution < -0.4 is 10.6 Å². The van der Waals surface area contributed by atoms with Gasteiger partial charge in [-0.15, -0.1) is 11.3 Å². The Morgan fingerprint density at radius 3 is 2.43 bits per heavy atom. The molecule has 1 aromatic heterocycles. The summed E-state index contributed by atoms with van der Waals surface area (Å²) in [7, 11) is 0. The summed E-state index contributed by atoms with van der Waals surface area (Å²) in [5, 5.41) is 5.75. The van der Waals surface area contributed by atoms with E-state index in [9.17, 15) is 14.0 Å².